The van der Waals surface area contributed by atoms with E-state index in [1.54, 1.807) is 17.5 Å². The van der Waals surface area contributed by atoms with Gasteiger partial charge in [-0.1, -0.05) is 17.7 Å². The lowest BCUT2D eigenvalue weighted by molar-refractivity contribution is 0.0476. The molecule has 1 aromatic heterocycles. The van der Waals surface area contributed by atoms with Gasteiger partial charge in [-0.2, -0.15) is 0 Å². The first-order valence-electron chi connectivity index (χ1n) is 5.37. The molecule has 0 aliphatic heterocycles. The molecule has 0 amide bonds. The quantitative estimate of drug-likeness (QED) is 0.535. The van der Waals surface area contributed by atoms with Gasteiger partial charge in [-0.3, -0.25) is 4.79 Å². The van der Waals surface area contributed by atoms with E-state index in [1.807, 2.05) is 0 Å². The fraction of sp³-hybridized carbons (Fsp3) is 0.0769. The second-order valence-corrected chi connectivity index (χ2v) is 5.07. The van der Waals surface area contributed by atoms with Gasteiger partial charge in [0.1, 0.15) is 0 Å². The van der Waals surface area contributed by atoms with Crippen LogP contribution in [0, 0.1) is 0 Å². The lowest BCUT2D eigenvalue weighted by Gasteiger charge is -2.05. The van der Waals surface area contributed by atoms with E-state index in [1.165, 1.54) is 29.5 Å². The van der Waals surface area contributed by atoms with Crippen LogP contribution in [0.15, 0.2) is 35.7 Å². The van der Waals surface area contributed by atoms with Crippen LogP contribution in [-0.2, 0) is 4.74 Å². The van der Waals surface area contributed by atoms with Crippen LogP contribution >= 0.6 is 22.9 Å². The molecule has 1 heterocycles. The van der Waals surface area contributed by atoms with Gasteiger partial charge in [-0.05, 0) is 29.6 Å². The third kappa shape index (κ3) is 3.33. The summed E-state index contributed by atoms with van der Waals surface area (Å²) < 4.78 is 4.93. The summed E-state index contributed by atoms with van der Waals surface area (Å²) in [5.41, 5.74) is 6.14. The largest absolute Gasteiger partial charge is 0.454 e. The minimum Gasteiger partial charge on any atom is -0.454 e. The number of nitrogen functional groups attached to an aromatic ring is 1. The van der Waals surface area contributed by atoms with Crippen molar-refractivity contribution in [2.75, 3.05) is 12.3 Å². The SMILES string of the molecule is Nc1cc(C(=O)OCC(=O)c2cccs2)ccc1Cl. The zero-order chi connectivity index (χ0) is 13.8. The van der Waals surface area contributed by atoms with Crippen LogP contribution < -0.4 is 5.73 Å². The number of thiophene rings is 1. The summed E-state index contributed by atoms with van der Waals surface area (Å²) in [5, 5.41) is 2.15. The van der Waals surface area contributed by atoms with Gasteiger partial charge in [0.15, 0.2) is 6.61 Å². The molecular weight excluding hydrogens is 286 g/mol. The maximum absolute atomic E-state index is 11.7. The summed E-state index contributed by atoms with van der Waals surface area (Å²) in [6.45, 7) is -0.290. The fourth-order valence-electron chi connectivity index (χ4n) is 1.39. The van der Waals surface area contributed by atoms with Gasteiger partial charge < -0.3 is 10.5 Å². The number of ketones is 1. The van der Waals surface area contributed by atoms with E-state index >= 15 is 0 Å². The first kappa shape index (κ1) is 13.6. The highest BCUT2D eigenvalue weighted by molar-refractivity contribution is 7.12. The number of esters is 1. The average Bonchev–Trinajstić information content (AvgIpc) is 2.92. The van der Waals surface area contributed by atoms with Crippen molar-refractivity contribution >= 4 is 40.4 Å². The second kappa shape index (κ2) is 5.86. The number of hydrogen-bond donors (Lipinski definition) is 1. The Morgan fingerprint density at radius 3 is 2.74 bits per heavy atom. The van der Waals surface area contributed by atoms with E-state index in [0.717, 1.165) is 0 Å². The monoisotopic (exact) mass is 295 g/mol. The molecule has 2 rings (SSSR count). The Morgan fingerprint density at radius 1 is 1.32 bits per heavy atom. The number of benzene rings is 1. The number of Topliss-reactive ketones (excluding diaryl/α,β-unsaturated/α-hetero) is 1. The molecule has 2 N–H and O–H groups in total. The Morgan fingerprint density at radius 2 is 2.11 bits per heavy atom. The van der Waals surface area contributed by atoms with Gasteiger partial charge in [0.2, 0.25) is 5.78 Å². The molecule has 0 atom stereocenters. The van der Waals surface area contributed by atoms with Crippen molar-refractivity contribution in [3.8, 4) is 0 Å². The van der Waals surface area contributed by atoms with Gasteiger partial charge in [-0.25, -0.2) is 4.79 Å². The maximum Gasteiger partial charge on any atom is 0.338 e. The smallest absolute Gasteiger partial charge is 0.338 e. The van der Waals surface area contributed by atoms with Crippen molar-refractivity contribution in [1.82, 2.24) is 0 Å². The Bertz CT molecular complexity index is 610. The third-order valence-electron chi connectivity index (χ3n) is 2.36. The highest BCUT2D eigenvalue weighted by Crippen LogP contribution is 2.20. The lowest BCUT2D eigenvalue weighted by atomic mass is 10.2. The van der Waals surface area contributed by atoms with Crippen LogP contribution in [0.2, 0.25) is 5.02 Å². The van der Waals surface area contributed by atoms with Gasteiger partial charge in [0.25, 0.3) is 0 Å². The summed E-state index contributed by atoms with van der Waals surface area (Å²) in [6.07, 6.45) is 0. The first-order chi connectivity index (χ1) is 9.08. The van der Waals surface area contributed by atoms with Crippen molar-refractivity contribution in [3.05, 3.63) is 51.2 Å². The predicted molar refractivity (Wildman–Crippen MR) is 74.8 cm³/mol. The predicted octanol–water partition coefficient (Wildman–Crippen LogP) is 3.02. The van der Waals surface area contributed by atoms with E-state index in [4.69, 9.17) is 22.1 Å². The molecule has 6 heteroatoms. The molecule has 0 bridgehead atoms. The summed E-state index contributed by atoms with van der Waals surface area (Å²) in [7, 11) is 0. The molecule has 0 spiro atoms. The van der Waals surface area contributed by atoms with Crippen LogP contribution in [0.5, 0.6) is 0 Å². The molecule has 0 radical (unpaired) electrons. The summed E-state index contributed by atoms with van der Waals surface area (Å²) in [5.74, 6) is -0.835. The van der Waals surface area contributed by atoms with Crippen molar-refractivity contribution < 1.29 is 14.3 Å². The minimum absolute atomic E-state index is 0.231. The Hall–Kier alpha value is -1.85. The summed E-state index contributed by atoms with van der Waals surface area (Å²) in [4.78, 5) is 23.9. The van der Waals surface area contributed by atoms with Gasteiger partial charge in [-0.15, -0.1) is 11.3 Å². The number of ether oxygens (including phenoxy) is 1. The van der Waals surface area contributed by atoms with E-state index < -0.39 is 5.97 Å². The van der Waals surface area contributed by atoms with Crippen LogP contribution in [0.1, 0.15) is 20.0 Å². The molecule has 98 valence electrons. The molecule has 0 unspecified atom stereocenters. The van der Waals surface area contributed by atoms with Crippen molar-refractivity contribution in [2.24, 2.45) is 0 Å². The number of carbonyl (C=O) groups is 2. The van der Waals surface area contributed by atoms with E-state index in [-0.39, 0.29) is 18.0 Å². The first-order valence-corrected chi connectivity index (χ1v) is 6.62. The second-order valence-electron chi connectivity index (χ2n) is 3.71. The molecule has 0 aliphatic carbocycles. The van der Waals surface area contributed by atoms with Crippen molar-refractivity contribution in [3.63, 3.8) is 0 Å². The molecule has 0 saturated heterocycles. The van der Waals surface area contributed by atoms with Crippen molar-refractivity contribution in [2.45, 2.75) is 0 Å². The Labute approximate surface area is 118 Å². The molecular formula is C13H10ClNO3S. The maximum atomic E-state index is 11.7. The van der Waals surface area contributed by atoms with E-state index in [2.05, 4.69) is 0 Å². The Kier molecular flexibility index (Phi) is 4.19. The van der Waals surface area contributed by atoms with Gasteiger partial charge >= 0.3 is 5.97 Å². The number of anilines is 1. The van der Waals surface area contributed by atoms with Crippen LogP contribution in [0.25, 0.3) is 0 Å². The van der Waals surface area contributed by atoms with Crippen LogP contribution in [0.4, 0.5) is 5.69 Å². The van der Waals surface area contributed by atoms with E-state index in [0.29, 0.717) is 15.6 Å². The highest BCUT2D eigenvalue weighted by Gasteiger charge is 2.13. The molecule has 1 aromatic carbocycles. The molecule has 2 aromatic rings. The lowest BCUT2D eigenvalue weighted by Crippen LogP contribution is -2.13. The zero-order valence-corrected chi connectivity index (χ0v) is 11.3. The van der Waals surface area contributed by atoms with Crippen molar-refractivity contribution in [1.29, 1.82) is 0 Å². The highest BCUT2D eigenvalue weighted by atomic mass is 35.5. The minimum atomic E-state index is -0.603. The summed E-state index contributed by atoms with van der Waals surface area (Å²) >= 11 is 7.06. The topological polar surface area (TPSA) is 69.4 Å². The van der Waals surface area contributed by atoms with Crippen LogP contribution in [0.3, 0.4) is 0 Å². The van der Waals surface area contributed by atoms with Gasteiger partial charge in [0, 0.05) is 0 Å². The Balaban J connectivity index is 1.98. The third-order valence-corrected chi connectivity index (χ3v) is 3.62. The molecule has 0 aliphatic rings. The number of rotatable bonds is 4. The molecule has 0 fully saturated rings. The molecule has 0 saturated carbocycles. The number of hydrogen-bond acceptors (Lipinski definition) is 5. The standard InChI is InChI=1S/C13H10ClNO3S/c14-9-4-3-8(6-10(9)15)13(17)18-7-11(16)12-2-1-5-19-12/h1-6H,7,15H2. The normalized spacial score (nSPS) is 10.2. The zero-order valence-electron chi connectivity index (χ0n) is 9.76. The molecule has 19 heavy (non-hydrogen) atoms. The number of carbonyl (C=O) groups excluding carboxylic acids is 2. The molecule has 4 nitrogen and oxygen atoms in total. The van der Waals surface area contributed by atoms with E-state index in [9.17, 15) is 9.59 Å². The van der Waals surface area contributed by atoms with Gasteiger partial charge in [0.05, 0.1) is 21.2 Å². The number of nitrogens with two attached hydrogens (primary N) is 1. The number of halogens is 1. The summed E-state index contributed by atoms with van der Waals surface area (Å²) in [6, 6.07) is 7.87. The average molecular weight is 296 g/mol. The van der Waals surface area contributed by atoms with Crippen LogP contribution in [-0.4, -0.2) is 18.4 Å². The fourth-order valence-corrected chi connectivity index (χ4v) is 2.16.